The zero-order valence-corrected chi connectivity index (χ0v) is 10.4. The predicted octanol–water partition coefficient (Wildman–Crippen LogP) is 1.69. The number of nitrogens with one attached hydrogen (secondary N) is 1. The number of nitrogens with zero attached hydrogens (tertiary/aromatic N) is 1. The lowest BCUT2D eigenvalue weighted by atomic mass is 10.2. The Bertz CT molecular complexity index is 351. The van der Waals surface area contributed by atoms with Crippen LogP contribution < -0.4 is 5.32 Å². The van der Waals surface area contributed by atoms with Gasteiger partial charge in [-0.3, -0.25) is 0 Å². The largest absolute Gasteiger partial charge is 0.461 e. The first-order valence-corrected chi connectivity index (χ1v) is 5.55. The molecular formula is C11H18N2O4. The molecule has 6 heteroatoms. The van der Waals surface area contributed by atoms with Gasteiger partial charge in [0.05, 0.1) is 6.61 Å². The van der Waals surface area contributed by atoms with E-state index in [0.717, 1.165) is 6.42 Å². The standard InChI is InChI=1S/C11H18N2O4/c1-4-16-10(14)9-7-17-11(13-9)12-8(2)5-6-15-3/h7-8H,4-6H2,1-3H3,(H,12,13). The molecule has 1 rings (SSSR count). The molecule has 0 aliphatic carbocycles. The van der Waals surface area contributed by atoms with Crippen molar-refractivity contribution in [1.82, 2.24) is 4.98 Å². The van der Waals surface area contributed by atoms with Crippen LogP contribution >= 0.6 is 0 Å². The van der Waals surface area contributed by atoms with Crippen LogP contribution in [-0.4, -0.2) is 37.3 Å². The van der Waals surface area contributed by atoms with E-state index < -0.39 is 5.97 Å². The summed E-state index contributed by atoms with van der Waals surface area (Å²) in [6.45, 7) is 4.69. The highest BCUT2D eigenvalue weighted by molar-refractivity contribution is 5.87. The summed E-state index contributed by atoms with van der Waals surface area (Å²) < 4.78 is 14.9. The molecule has 1 unspecified atom stereocenters. The maximum absolute atomic E-state index is 11.3. The van der Waals surface area contributed by atoms with Gasteiger partial charge in [-0.2, -0.15) is 4.98 Å². The van der Waals surface area contributed by atoms with Crippen LogP contribution in [0.3, 0.4) is 0 Å². The molecule has 96 valence electrons. The van der Waals surface area contributed by atoms with Crippen LogP contribution in [0.5, 0.6) is 0 Å². The third-order valence-corrected chi connectivity index (χ3v) is 2.11. The molecular weight excluding hydrogens is 224 g/mol. The number of hydrogen-bond acceptors (Lipinski definition) is 6. The number of anilines is 1. The zero-order valence-electron chi connectivity index (χ0n) is 10.4. The lowest BCUT2D eigenvalue weighted by Gasteiger charge is -2.10. The number of esters is 1. The van der Waals surface area contributed by atoms with Gasteiger partial charge in [0.1, 0.15) is 6.26 Å². The maximum Gasteiger partial charge on any atom is 0.360 e. The van der Waals surface area contributed by atoms with Gasteiger partial charge in [-0.25, -0.2) is 4.79 Å². The van der Waals surface area contributed by atoms with Gasteiger partial charge >= 0.3 is 5.97 Å². The number of aromatic nitrogens is 1. The molecule has 0 aliphatic heterocycles. The third-order valence-electron chi connectivity index (χ3n) is 2.11. The van der Waals surface area contributed by atoms with Crippen LogP contribution in [0.25, 0.3) is 0 Å². The maximum atomic E-state index is 11.3. The Kier molecular flexibility index (Phi) is 5.48. The summed E-state index contributed by atoms with van der Waals surface area (Å²) in [4.78, 5) is 15.3. The van der Waals surface area contributed by atoms with Gasteiger partial charge in [-0.05, 0) is 20.3 Å². The van der Waals surface area contributed by atoms with Crippen molar-refractivity contribution in [2.45, 2.75) is 26.3 Å². The van der Waals surface area contributed by atoms with Gasteiger partial charge in [0.15, 0.2) is 5.69 Å². The summed E-state index contributed by atoms with van der Waals surface area (Å²) in [6.07, 6.45) is 2.11. The zero-order chi connectivity index (χ0) is 12.7. The van der Waals surface area contributed by atoms with Crippen LogP contribution in [0.4, 0.5) is 6.01 Å². The van der Waals surface area contributed by atoms with Gasteiger partial charge in [0, 0.05) is 19.8 Å². The summed E-state index contributed by atoms with van der Waals surface area (Å²) in [6, 6.07) is 0.473. The summed E-state index contributed by atoms with van der Waals surface area (Å²) >= 11 is 0. The number of hydrogen-bond donors (Lipinski definition) is 1. The highest BCUT2D eigenvalue weighted by Gasteiger charge is 2.14. The summed E-state index contributed by atoms with van der Waals surface area (Å²) in [5.41, 5.74) is 0.174. The van der Waals surface area contributed by atoms with Gasteiger partial charge < -0.3 is 19.2 Å². The number of rotatable bonds is 7. The molecule has 0 fully saturated rings. The fraction of sp³-hybridized carbons (Fsp3) is 0.636. The Labute approximate surface area is 100 Å². The minimum atomic E-state index is -0.478. The number of carbonyl (C=O) groups is 1. The third kappa shape index (κ3) is 4.44. The lowest BCUT2D eigenvalue weighted by Crippen LogP contribution is -2.17. The molecule has 0 bridgehead atoms. The fourth-order valence-corrected chi connectivity index (χ4v) is 1.22. The Morgan fingerprint density at radius 3 is 3.06 bits per heavy atom. The minimum absolute atomic E-state index is 0.156. The van der Waals surface area contributed by atoms with Crippen molar-refractivity contribution in [1.29, 1.82) is 0 Å². The Morgan fingerprint density at radius 1 is 1.65 bits per heavy atom. The van der Waals surface area contributed by atoms with Gasteiger partial charge in [-0.15, -0.1) is 0 Å². The molecule has 0 aromatic carbocycles. The van der Waals surface area contributed by atoms with E-state index in [-0.39, 0.29) is 11.7 Å². The average molecular weight is 242 g/mol. The van der Waals surface area contributed by atoms with Crippen molar-refractivity contribution in [3.8, 4) is 0 Å². The normalized spacial score (nSPS) is 12.2. The van der Waals surface area contributed by atoms with Crippen LogP contribution in [-0.2, 0) is 9.47 Å². The first kappa shape index (κ1) is 13.5. The molecule has 0 saturated heterocycles. The summed E-state index contributed by atoms with van der Waals surface area (Å²) in [7, 11) is 1.65. The number of oxazole rings is 1. The van der Waals surface area contributed by atoms with E-state index >= 15 is 0 Å². The molecule has 0 aliphatic rings. The fourth-order valence-electron chi connectivity index (χ4n) is 1.22. The molecule has 0 amide bonds. The molecule has 0 saturated carbocycles. The summed E-state index contributed by atoms with van der Waals surface area (Å²) in [5.74, 6) is -0.478. The Hall–Kier alpha value is -1.56. The average Bonchev–Trinajstić information content (AvgIpc) is 2.75. The van der Waals surface area contributed by atoms with Crippen molar-refractivity contribution < 1.29 is 18.7 Å². The molecule has 1 heterocycles. The quantitative estimate of drug-likeness (QED) is 0.733. The minimum Gasteiger partial charge on any atom is -0.461 e. The second-order valence-corrected chi connectivity index (χ2v) is 3.59. The summed E-state index contributed by atoms with van der Waals surface area (Å²) in [5, 5.41) is 3.03. The van der Waals surface area contributed by atoms with Crippen molar-refractivity contribution in [3.63, 3.8) is 0 Å². The van der Waals surface area contributed by atoms with Crippen LogP contribution in [0.15, 0.2) is 10.7 Å². The van der Waals surface area contributed by atoms with E-state index in [9.17, 15) is 4.79 Å². The van der Waals surface area contributed by atoms with E-state index in [1.165, 1.54) is 6.26 Å². The first-order valence-electron chi connectivity index (χ1n) is 5.55. The SMILES string of the molecule is CCOC(=O)c1coc(NC(C)CCOC)n1. The Balaban J connectivity index is 2.47. The first-order chi connectivity index (χ1) is 8.17. The van der Waals surface area contributed by atoms with Crippen LogP contribution in [0.1, 0.15) is 30.8 Å². The van der Waals surface area contributed by atoms with Crippen molar-refractivity contribution >= 4 is 12.0 Å². The van der Waals surface area contributed by atoms with E-state index in [0.29, 0.717) is 19.2 Å². The van der Waals surface area contributed by atoms with Crippen molar-refractivity contribution in [3.05, 3.63) is 12.0 Å². The molecule has 0 radical (unpaired) electrons. The topological polar surface area (TPSA) is 73.6 Å². The highest BCUT2D eigenvalue weighted by atomic mass is 16.5. The van der Waals surface area contributed by atoms with Crippen molar-refractivity contribution in [2.75, 3.05) is 25.6 Å². The molecule has 1 aromatic heterocycles. The second-order valence-electron chi connectivity index (χ2n) is 3.59. The predicted molar refractivity (Wildman–Crippen MR) is 62.0 cm³/mol. The Morgan fingerprint density at radius 2 is 2.41 bits per heavy atom. The molecule has 0 spiro atoms. The van der Waals surface area contributed by atoms with Gasteiger partial charge in [-0.1, -0.05) is 0 Å². The number of methoxy groups -OCH3 is 1. The molecule has 6 nitrogen and oxygen atoms in total. The molecule has 1 atom stereocenters. The van der Waals surface area contributed by atoms with Gasteiger partial charge in [0.25, 0.3) is 6.01 Å². The molecule has 1 aromatic rings. The highest BCUT2D eigenvalue weighted by Crippen LogP contribution is 2.10. The molecule has 1 N–H and O–H groups in total. The lowest BCUT2D eigenvalue weighted by molar-refractivity contribution is 0.0519. The van der Waals surface area contributed by atoms with Gasteiger partial charge in [0.2, 0.25) is 0 Å². The van der Waals surface area contributed by atoms with E-state index in [2.05, 4.69) is 10.3 Å². The monoisotopic (exact) mass is 242 g/mol. The van der Waals surface area contributed by atoms with E-state index in [1.807, 2.05) is 6.92 Å². The van der Waals surface area contributed by atoms with E-state index in [4.69, 9.17) is 13.9 Å². The smallest absolute Gasteiger partial charge is 0.360 e. The number of carbonyl (C=O) groups excluding carboxylic acids is 1. The van der Waals surface area contributed by atoms with Crippen molar-refractivity contribution in [2.24, 2.45) is 0 Å². The van der Waals surface area contributed by atoms with Crippen LogP contribution in [0, 0.1) is 0 Å². The van der Waals surface area contributed by atoms with E-state index in [1.54, 1.807) is 14.0 Å². The van der Waals surface area contributed by atoms with Crippen LogP contribution in [0.2, 0.25) is 0 Å². The molecule has 17 heavy (non-hydrogen) atoms. The second kappa shape index (κ2) is 6.90. The number of ether oxygens (including phenoxy) is 2.